The van der Waals surface area contributed by atoms with Crippen LogP contribution in [0.25, 0.3) is 11.6 Å². The lowest BCUT2D eigenvalue weighted by molar-refractivity contribution is -0.110. The Kier molecular flexibility index (Phi) is 2.95. The number of halogens is 2. The van der Waals surface area contributed by atoms with Gasteiger partial charge in [0.05, 0.1) is 5.69 Å². The molecule has 1 aliphatic rings. The molecular formula is C15H9BrFNO. The maximum atomic E-state index is 13.6. The zero-order valence-corrected chi connectivity index (χ0v) is 11.4. The van der Waals surface area contributed by atoms with E-state index in [1.54, 1.807) is 24.3 Å². The molecule has 4 heteroatoms. The number of rotatable bonds is 1. The van der Waals surface area contributed by atoms with Gasteiger partial charge >= 0.3 is 0 Å². The van der Waals surface area contributed by atoms with E-state index >= 15 is 0 Å². The molecule has 94 valence electrons. The summed E-state index contributed by atoms with van der Waals surface area (Å²) in [5.74, 6) is -0.551. The Bertz CT molecular complexity index is 709. The van der Waals surface area contributed by atoms with Crippen LogP contribution < -0.4 is 5.32 Å². The van der Waals surface area contributed by atoms with Gasteiger partial charge in [-0.15, -0.1) is 0 Å². The summed E-state index contributed by atoms with van der Waals surface area (Å²) in [7, 11) is 0. The summed E-state index contributed by atoms with van der Waals surface area (Å²) in [4.78, 5) is 11.9. The molecule has 1 heterocycles. The van der Waals surface area contributed by atoms with E-state index in [4.69, 9.17) is 0 Å². The van der Waals surface area contributed by atoms with Crippen molar-refractivity contribution in [3.05, 3.63) is 63.9 Å². The molecule has 0 saturated heterocycles. The fourth-order valence-corrected chi connectivity index (χ4v) is 2.42. The van der Waals surface area contributed by atoms with Gasteiger partial charge in [-0.1, -0.05) is 40.2 Å². The van der Waals surface area contributed by atoms with Gasteiger partial charge in [0.2, 0.25) is 0 Å². The summed E-state index contributed by atoms with van der Waals surface area (Å²) in [5.41, 5.74) is 2.41. The van der Waals surface area contributed by atoms with Crippen LogP contribution in [0.5, 0.6) is 0 Å². The summed E-state index contributed by atoms with van der Waals surface area (Å²) in [6, 6.07) is 11.9. The summed E-state index contributed by atoms with van der Waals surface area (Å²) in [5, 5.41) is 2.77. The van der Waals surface area contributed by atoms with Gasteiger partial charge in [-0.3, -0.25) is 4.79 Å². The molecule has 0 aliphatic carbocycles. The lowest BCUT2D eigenvalue weighted by atomic mass is 10.0. The first-order valence-electron chi connectivity index (χ1n) is 5.72. The maximum absolute atomic E-state index is 13.6. The minimum Gasteiger partial charge on any atom is -0.321 e. The second-order valence-corrected chi connectivity index (χ2v) is 5.14. The van der Waals surface area contributed by atoms with Crippen LogP contribution in [0.2, 0.25) is 0 Å². The number of hydrogen-bond donors (Lipinski definition) is 1. The zero-order valence-electron chi connectivity index (χ0n) is 9.78. The van der Waals surface area contributed by atoms with Crippen molar-refractivity contribution in [2.45, 2.75) is 0 Å². The number of carbonyl (C=O) groups is 1. The van der Waals surface area contributed by atoms with Gasteiger partial charge < -0.3 is 5.32 Å². The number of carbonyl (C=O) groups excluding carboxylic acids is 1. The first-order chi connectivity index (χ1) is 9.15. The van der Waals surface area contributed by atoms with E-state index in [-0.39, 0.29) is 11.7 Å². The first-order valence-corrected chi connectivity index (χ1v) is 6.52. The van der Waals surface area contributed by atoms with Crippen molar-refractivity contribution in [3.63, 3.8) is 0 Å². The number of benzene rings is 2. The van der Waals surface area contributed by atoms with Crippen LogP contribution in [0.15, 0.2) is 46.9 Å². The average molecular weight is 318 g/mol. The molecule has 1 N–H and O–H groups in total. The molecule has 0 fully saturated rings. The molecule has 0 saturated carbocycles. The van der Waals surface area contributed by atoms with E-state index in [2.05, 4.69) is 21.2 Å². The highest BCUT2D eigenvalue weighted by molar-refractivity contribution is 9.10. The molecule has 0 bridgehead atoms. The van der Waals surface area contributed by atoms with Crippen molar-refractivity contribution in [2.24, 2.45) is 0 Å². The van der Waals surface area contributed by atoms with Crippen LogP contribution in [0.4, 0.5) is 10.1 Å². The quantitative estimate of drug-likeness (QED) is 0.789. The highest BCUT2D eigenvalue weighted by Crippen LogP contribution is 2.35. The van der Waals surface area contributed by atoms with Crippen molar-refractivity contribution in [1.29, 1.82) is 0 Å². The lowest BCUT2D eigenvalue weighted by Crippen LogP contribution is -2.03. The summed E-state index contributed by atoms with van der Waals surface area (Å²) >= 11 is 3.35. The van der Waals surface area contributed by atoms with Crippen molar-refractivity contribution >= 4 is 39.2 Å². The molecule has 0 unspecified atom stereocenters. The lowest BCUT2D eigenvalue weighted by Gasteiger charge is -2.00. The molecule has 2 nitrogen and oxygen atoms in total. The normalized spacial score (nSPS) is 15.5. The van der Waals surface area contributed by atoms with E-state index < -0.39 is 0 Å². The van der Waals surface area contributed by atoms with Gasteiger partial charge in [-0.25, -0.2) is 4.39 Å². The summed E-state index contributed by atoms with van der Waals surface area (Å²) < 4.78 is 14.5. The van der Waals surface area contributed by atoms with Gasteiger partial charge in [0.15, 0.2) is 0 Å². The predicted octanol–water partition coefficient (Wildman–Crippen LogP) is 4.08. The van der Waals surface area contributed by atoms with Crippen LogP contribution in [-0.2, 0) is 4.79 Å². The number of amides is 1. The Balaban J connectivity index is 2.12. The third-order valence-corrected chi connectivity index (χ3v) is 3.46. The molecule has 2 aromatic carbocycles. The van der Waals surface area contributed by atoms with E-state index in [1.165, 1.54) is 6.07 Å². The smallest absolute Gasteiger partial charge is 0.256 e. The predicted molar refractivity (Wildman–Crippen MR) is 77.0 cm³/mol. The van der Waals surface area contributed by atoms with Gasteiger partial charge in [-0.05, 0) is 24.3 Å². The van der Waals surface area contributed by atoms with Crippen molar-refractivity contribution in [3.8, 4) is 0 Å². The fraction of sp³-hybridized carbons (Fsp3) is 0. The Morgan fingerprint density at radius 2 is 1.95 bits per heavy atom. The van der Waals surface area contributed by atoms with Gasteiger partial charge in [-0.2, -0.15) is 0 Å². The minimum absolute atomic E-state index is 0.212. The molecule has 19 heavy (non-hydrogen) atoms. The first kappa shape index (κ1) is 12.1. The molecule has 2 aromatic rings. The largest absolute Gasteiger partial charge is 0.321 e. The summed E-state index contributed by atoms with van der Waals surface area (Å²) in [6.45, 7) is 0. The SMILES string of the molecule is O=C1Nc2cc(Br)ccc2/C1=C/c1ccccc1F. The Labute approximate surface area is 118 Å². The van der Waals surface area contributed by atoms with E-state index in [9.17, 15) is 9.18 Å². The Morgan fingerprint density at radius 1 is 1.16 bits per heavy atom. The number of fused-ring (bicyclic) bond motifs is 1. The van der Waals surface area contributed by atoms with Crippen LogP contribution >= 0.6 is 15.9 Å². The standard InChI is InChI=1S/C15H9BrFNO/c16-10-5-6-11-12(15(19)18-14(11)8-10)7-9-3-1-2-4-13(9)17/h1-8H,(H,18,19)/b12-7-. The second kappa shape index (κ2) is 4.63. The molecule has 0 aromatic heterocycles. The highest BCUT2D eigenvalue weighted by atomic mass is 79.9. The summed E-state index contributed by atoms with van der Waals surface area (Å²) in [6.07, 6.45) is 1.57. The van der Waals surface area contributed by atoms with Crippen molar-refractivity contribution in [2.75, 3.05) is 5.32 Å². The molecule has 0 radical (unpaired) electrons. The molecular weight excluding hydrogens is 309 g/mol. The number of anilines is 1. The monoisotopic (exact) mass is 317 g/mol. The molecule has 1 aliphatic heterocycles. The Morgan fingerprint density at radius 3 is 2.74 bits per heavy atom. The number of hydrogen-bond acceptors (Lipinski definition) is 1. The van der Waals surface area contributed by atoms with E-state index in [1.807, 2.05) is 18.2 Å². The minimum atomic E-state index is -0.339. The topological polar surface area (TPSA) is 29.1 Å². The second-order valence-electron chi connectivity index (χ2n) is 4.22. The van der Waals surface area contributed by atoms with Crippen LogP contribution in [0.3, 0.4) is 0 Å². The zero-order chi connectivity index (χ0) is 13.4. The average Bonchev–Trinajstić information content (AvgIpc) is 2.68. The third-order valence-electron chi connectivity index (χ3n) is 2.97. The van der Waals surface area contributed by atoms with Crippen LogP contribution in [-0.4, -0.2) is 5.91 Å². The fourth-order valence-electron chi connectivity index (χ4n) is 2.06. The maximum Gasteiger partial charge on any atom is 0.256 e. The highest BCUT2D eigenvalue weighted by Gasteiger charge is 2.24. The Hall–Kier alpha value is -1.94. The van der Waals surface area contributed by atoms with Gasteiger partial charge in [0.25, 0.3) is 5.91 Å². The molecule has 0 atom stereocenters. The van der Waals surface area contributed by atoms with E-state index in [0.717, 1.165) is 15.7 Å². The van der Waals surface area contributed by atoms with E-state index in [0.29, 0.717) is 11.1 Å². The van der Waals surface area contributed by atoms with Gasteiger partial charge in [0, 0.05) is 21.2 Å². The number of nitrogens with one attached hydrogen (secondary N) is 1. The van der Waals surface area contributed by atoms with Crippen LogP contribution in [0, 0.1) is 5.82 Å². The van der Waals surface area contributed by atoms with Gasteiger partial charge in [0.1, 0.15) is 5.82 Å². The van der Waals surface area contributed by atoms with Crippen molar-refractivity contribution < 1.29 is 9.18 Å². The third kappa shape index (κ3) is 2.19. The van der Waals surface area contributed by atoms with Crippen LogP contribution in [0.1, 0.15) is 11.1 Å². The molecule has 3 rings (SSSR count). The molecule has 0 spiro atoms. The van der Waals surface area contributed by atoms with Crippen molar-refractivity contribution in [1.82, 2.24) is 0 Å². The molecule has 1 amide bonds.